The van der Waals surface area contributed by atoms with E-state index in [0.717, 1.165) is 11.3 Å². The number of pyridine rings is 1. The molecule has 0 bridgehead atoms. The highest BCUT2D eigenvalue weighted by Crippen LogP contribution is 2.20. The molecule has 124 valence electrons. The summed E-state index contributed by atoms with van der Waals surface area (Å²) in [6.07, 6.45) is 4.90. The first kappa shape index (κ1) is 15.5. The molecule has 6 nitrogen and oxygen atoms in total. The summed E-state index contributed by atoms with van der Waals surface area (Å²) in [6.45, 7) is 0.373. The minimum Gasteiger partial charge on any atom is -0.291 e. The van der Waals surface area contributed by atoms with Crippen LogP contribution in [0.5, 0.6) is 0 Å². The highest BCUT2D eigenvalue weighted by atomic mass is 35.5. The van der Waals surface area contributed by atoms with Crippen molar-refractivity contribution in [3.8, 4) is 17.1 Å². The second-order valence-electron chi connectivity index (χ2n) is 5.45. The molecule has 0 saturated carbocycles. The summed E-state index contributed by atoms with van der Waals surface area (Å²) in [5, 5.41) is 4.82. The van der Waals surface area contributed by atoms with Crippen molar-refractivity contribution < 1.29 is 0 Å². The average molecular weight is 352 g/mol. The maximum absolute atomic E-state index is 13.0. The Balaban J connectivity index is 2.03. The van der Waals surface area contributed by atoms with E-state index >= 15 is 0 Å². The van der Waals surface area contributed by atoms with Gasteiger partial charge in [0.1, 0.15) is 11.2 Å². The predicted octanol–water partition coefficient (Wildman–Crippen LogP) is 2.88. The summed E-state index contributed by atoms with van der Waals surface area (Å²) in [4.78, 5) is 21.7. The fraction of sp³-hybridized carbons (Fsp3) is 0.111. The number of benzene rings is 1. The molecule has 3 aromatic heterocycles. The number of fused-ring (bicyclic) bond motifs is 1. The highest BCUT2D eigenvalue weighted by Gasteiger charge is 2.16. The predicted molar refractivity (Wildman–Crippen MR) is 97.1 cm³/mol. The lowest BCUT2D eigenvalue weighted by Gasteiger charge is -2.12. The van der Waals surface area contributed by atoms with Gasteiger partial charge in [-0.3, -0.25) is 14.3 Å². The molecule has 0 spiro atoms. The van der Waals surface area contributed by atoms with E-state index in [1.165, 1.54) is 0 Å². The summed E-state index contributed by atoms with van der Waals surface area (Å²) in [5.74, 6) is 0.871. The average Bonchev–Trinajstić information content (AvgIpc) is 3.09. The van der Waals surface area contributed by atoms with E-state index in [2.05, 4.69) is 10.1 Å². The van der Waals surface area contributed by atoms with Gasteiger partial charge in [0.2, 0.25) is 0 Å². The van der Waals surface area contributed by atoms with E-state index in [9.17, 15) is 4.79 Å². The van der Waals surface area contributed by atoms with E-state index in [0.29, 0.717) is 29.3 Å². The van der Waals surface area contributed by atoms with Gasteiger partial charge in [-0.2, -0.15) is 5.10 Å². The highest BCUT2D eigenvalue weighted by molar-refractivity contribution is 6.17. The third-order valence-electron chi connectivity index (χ3n) is 3.93. The summed E-state index contributed by atoms with van der Waals surface area (Å²) in [7, 11) is 0. The maximum Gasteiger partial charge on any atom is 0.264 e. The van der Waals surface area contributed by atoms with E-state index in [1.807, 2.05) is 42.5 Å². The molecule has 0 unspecified atom stereocenters. The molecule has 0 saturated heterocycles. The Bertz CT molecular complexity index is 1070. The molecule has 4 aromatic rings. The Morgan fingerprint density at radius 1 is 1.04 bits per heavy atom. The topological polar surface area (TPSA) is 65.6 Å². The standard InChI is InChI=1S/C18H14ClN5O/c19-8-11-23-16(13-6-9-20-10-7-13)22-17-15(18(23)25)12-21-24(17)14-4-2-1-3-5-14/h1-7,9-10,12H,8,11H2. The Kier molecular flexibility index (Phi) is 4.03. The molecular weight excluding hydrogens is 338 g/mol. The fourth-order valence-corrected chi connectivity index (χ4v) is 2.94. The van der Waals surface area contributed by atoms with Gasteiger partial charge in [0.05, 0.1) is 11.9 Å². The zero-order chi connectivity index (χ0) is 17.2. The van der Waals surface area contributed by atoms with E-state index in [-0.39, 0.29) is 5.56 Å². The van der Waals surface area contributed by atoms with Crippen molar-refractivity contribution in [2.45, 2.75) is 6.54 Å². The van der Waals surface area contributed by atoms with Crippen molar-refractivity contribution in [3.63, 3.8) is 0 Å². The first-order valence-corrected chi connectivity index (χ1v) is 8.33. The smallest absolute Gasteiger partial charge is 0.264 e. The largest absolute Gasteiger partial charge is 0.291 e. The number of hydrogen-bond acceptors (Lipinski definition) is 4. The van der Waals surface area contributed by atoms with Gasteiger partial charge in [-0.05, 0) is 24.3 Å². The van der Waals surface area contributed by atoms with Crippen LogP contribution < -0.4 is 5.56 Å². The van der Waals surface area contributed by atoms with Crippen LogP contribution in [0.2, 0.25) is 0 Å². The van der Waals surface area contributed by atoms with Crippen molar-refractivity contribution in [1.29, 1.82) is 0 Å². The zero-order valence-corrected chi connectivity index (χ0v) is 14.0. The summed E-state index contributed by atoms with van der Waals surface area (Å²) >= 11 is 5.90. The number of para-hydroxylation sites is 1. The molecule has 0 amide bonds. The van der Waals surface area contributed by atoms with Crippen molar-refractivity contribution in [2.24, 2.45) is 0 Å². The van der Waals surface area contributed by atoms with Gasteiger partial charge in [-0.25, -0.2) is 9.67 Å². The third kappa shape index (κ3) is 2.70. The molecule has 0 atom stereocenters. The Labute approximate surface area is 148 Å². The summed E-state index contributed by atoms with van der Waals surface area (Å²) in [5.41, 5.74) is 2.02. The molecule has 0 aliphatic rings. The van der Waals surface area contributed by atoms with Gasteiger partial charge in [0.15, 0.2) is 5.65 Å². The van der Waals surface area contributed by atoms with Gasteiger partial charge in [0.25, 0.3) is 5.56 Å². The summed E-state index contributed by atoms with van der Waals surface area (Å²) in [6, 6.07) is 13.2. The molecule has 0 aliphatic carbocycles. The van der Waals surface area contributed by atoms with Crippen LogP contribution in [0.25, 0.3) is 28.1 Å². The van der Waals surface area contributed by atoms with E-state index in [1.54, 1.807) is 27.8 Å². The lowest BCUT2D eigenvalue weighted by molar-refractivity contribution is 0.731. The van der Waals surface area contributed by atoms with Crippen LogP contribution in [0.3, 0.4) is 0 Å². The normalized spacial score (nSPS) is 11.1. The fourth-order valence-electron chi connectivity index (χ4n) is 2.77. The molecule has 7 heteroatoms. The van der Waals surface area contributed by atoms with E-state index in [4.69, 9.17) is 16.6 Å². The number of aromatic nitrogens is 5. The molecular formula is C18H14ClN5O. The maximum atomic E-state index is 13.0. The van der Waals surface area contributed by atoms with Gasteiger partial charge in [0, 0.05) is 30.4 Å². The van der Waals surface area contributed by atoms with Gasteiger partial charge in [-0.1, -0.05) is 18.2 Å². The Morgan fingerprint density at radius 3 is 2.52 bits per heavy atom. The van der Waals surface area contributed by atoms with Crippen LogP contribution >= 0.6 is 11.6 Å². The van der Waals surface area contributed by atoms with Crippen LogP contribution in [0.15, 0.2) is 65.8 Å². The molecule has 1 aromatic carbocycles. The molecule has 0 radical (unpaired) electrons. The van der Waals surface area contributed by atoms with E-state index < -0.39 is 0 Å². The molecule has 0 N–H and O–H groups in total. The van der Waals surface area contributed by atoms with Crippen LogP contribution in [0, 0.1) is 0 Å². The van der Waals surface area contributed by atoms with Crippen molar-refractivity contribution in [3.05, 3.63) is 71.4 Å². The first-order chi connectivity index (χ1) is 12.3. The van der Waals surface area contributed by atoms with Gasteiger partial charge < -0.3 is 0 Å². The lowest BCUT2D eigenvalue weighted by Crippen LogP contribution is -2.24. The molecule has 4 rings (SSSR count). The second-order valence-corrected chi connectivity index (χ2v) is 5.82. The number of halogens is 1. The lowest BCUT2D eigenvalue weighted by atomic mass is 10.2. The Hall–Kier alpha value is -2.99. The third-order valence-corrected chi connectivity index (χ3v) is 4.10. The Morgan fingerprint density at radius 2 is 1.80 bits per heavy atom. The minimum atomic E-state index is -0.153. The SMILES string of the molecule is O=c1c2cnn(-c3ccccc3)c2nc(-c2ccncc2)n1CCCl. The second kappa shape index (κ2) is 6.49. The minimum absolute atomic E-state index is 0.153. The van der Waals surface area contributed by atoms with Crippen molar-refractivity contribution in [2.75, 3.05) is 5.88 Å². The molecule has 0 fully saturated rings. The number of rotatable bonds is 4. The number of nitrogens with zero attached hydrogens (tertiary/aromatic N) is 5. The van der Waals surface area contributed by atoms with Crippen LogP contribution in [-0.2, 0) is 6.54 Å². The van der Waals surface area contributed by atoms with Crippen LogP contribution in [-0.4, -0.2) is 30.2 Å². The molecule has 0 aliphatic heterocycles. The quantitative estimate of drug-likeness (QED) is 0.530. The van der Waals surface area contributed by atoms with Crippen LogP contribution in [0.4, 0.5) is 0 Å². The summed E-state index contributed by atoms with van der Waals surface area (Å²) < 4.78 is 3.26. The number of hydrogen-bond donors (Lipinski definition) is 0. The van der Waals surface area contributed by atoms with Crippen molar-refractivity contribution in [1.82, 2.24) is 24.3 Å². The molecule has 3 heterocycles. The monoisotopic (exact) mass is 351 g/mol. The van der Waals surface area contributed by atoms with Gasteiger partial charge in [-0.15, -0.1) is 11.6 Å². The van der Waals surface area contributed by atoms with Crippen molar-refractivity contribution >= 4 is 22.6 Å². The van der Waals surface area contributed by atoms with Crippen LogP contribution in [0.1, 0.15) is 0 Å². The van der Waals surface area contributed by atoms with Gasteiger partial charge >= 0.3 is 0 Å². The number of alkyl halides is 1. The zero-order valence-electron chi connectivity index (χ0n) is 13.2. The first-order valence-electron chi connectivity index (χ1n) is 7.80. The molecule has 25 heavy (non-hydrogen) atoms.